The van der Waals surface area contributed by atoms with Crippen molar-refractivity contribution in [3.8, 4) is 23.3 Å². The highest BCUT2D eigenvalue weighted by Crippen LogP contribution is 2.49. The molecule has 0 unspecified atom stereocenters. The molecule has 2 amide bonds. The molecule has 182 valence electrons. The summed E-state index contributed by atoms with van der Waals surface area (Å²) < 4.78 is 10.5. The Morgan fingerprint density at radius 3 is 2.49 bits per heavy atom. The van der Waals surface area contributed by atoms with Gasteiger partial charge < -0.3 is 31.2 Å². The number of methoxy groups -OCH3 is 2. The molecule has 1 spiro atoms. The van der Waals surface area contributed by atoms with Crippen molar-refractivity contribution in [2.45, 2.75) is 25.3 Å². The summed E-state index contributed by atoms with van der Waals surface area (Å²) in [5, 5.41) is 3.28. The van der Waals surface area contributed by atoms with E-state index in [9.17, 15) is 9.59 Å². The fourth-order valence-corrected chi connectivity index (χ4v) is 4.74. The van der Waals surface area contributed by atoms with Gasteiger partial charge in [-0.25, -0.2) is 4.98 Å². The number of benzene rings is 1. The lowest BCUT2D eigenvalue weighted by Gasteiger charge is -2.45. The van der Waals surface area contributed by atoms with E-state index in [4.69, 9.17) is 20.9 Å². The summed E-state index contributed by atoms with van der Waals surface area (Å²) in [5.74, 6) is 6.45. The predicted molar refractivity (Wildman–Crippen MR) is 131 cm³/mol. The summed E-state index contributed by atoms with van der Waals surface area (Å²) in [5.41, 5.74) is 12.4. The topological polar surface area (TPSA) is 146 Å². The van der Waals surface area contributed by atoms with Gasteiger partial charge in [0.25, 0.3) is 5.91 Å². The lowest BCUT2D eigenvalue weighted by Crippen LogP contribution is -2.47. The van der Waals surface area contributed by atoms with Crippen molar-refractivity contribution in [1.29, 1.82) is 0 Å². The smallest absolute Gasteiger partial charge is 0.255 e. The van der Waals surface area contributed by atoms with E-state index in [0.29, 0.717) is 17.1 Å². The maximum absolute atomic E-state index is 12.0. The van der Waals surface area contributed by atoms with Crippen LogP contribution >= 0.6 is 0 Å². The maximum atomic E-state index is 12.0. The first-order chi connectivity index (χ1) is 16.8. The molecule has 5 N–H and O–H groups in total. The molecule has 10 heteroatoms. The number of ether oxygens (including phenoxy) is 2. The van der Waals surface area contributed by atoms with E-state index in [-0.39, 0.29) is 40.4 Å². The van der Waals surface area contributed by atoms with Gasteiger partial charge in [-0.3, -0.25) is 9.59 Å². The van der Waals surface area contributed by atoms with Crippen molar-refractivity contribution in [2.75, 3.05) is 38.4 Å². The number of hydrogen-bond acceptors (Lipinski definition) is 8. The number of nitrogens with two attached hydrogens (primary N) is 2. The fourth-order valence-electron chi connectivity index (χ4n) is 4.74. The van der Waals surface area contributed by atoms with Crippen molar-refractivity contribution in [2.24, 2.45) is 11.1 Å². The standard InChI is InChI=1S/C25H28N6O4/c1-4-20(32)31-8-7-25(14-31)12-16(13-25)28-24-29-19(21(23(27)33)22(26)30-24)6-5-15-9-17(34-2)11-18(10-15)35-3/h4,9-11,16H,1,7-8,12-14H2,2-3H3,(H2,27,33)(H3,26,28,29,30). The van der Waals surface area contributed by atoms with E-state index in [0.717, 1.165) is 32.4 Å². The molecule has 10 nitrogen and oxygen atoms in total. The number of anilines is 2. The van der Waals surface area contributed by atoms with Crippen LogP contribution < -0.4 is 26.3 Å². The number of hydrogen-bond donors (Lipinski definition) is 3. The molecule has 0 bridgehead atoms. The normalized spacial score (nSPS) is 20.4. The Balaban J connectivity index is 1.54. The molecule has 1 saturated heterocycles. The number of nitrogens with zero attached hydrogens (tertiary/aromatic N) is 3. The van der Waals surface area contributed by atoms with Crippen LogP contribution in [0.3, 0.4) is 0 Å². The zero-order valence-corrected chi connectivity index (χ0v) is 19.8. The van der Waals surface area contributed by atoms with Gasteiger partial charge in [-0.1, -0.05) is 12.5 Å². The molecule has 4 rings (SSSR count). The lowest BCUT2D eigenvalue weighted by atomic mass is 9.65. The molecule has 0 radical (unpaired) electrons. The van der Waals surface area contributed by atoms with Crippen LogP contribution in [0.15, 0.2) is 30.9 Å². The molecule has 0 atom stereocenters. The minimum Gasteiger partial charge on any atom is -0.497 e. The Labute approximate surface area is 203 Å². The average molecular weight is 477 g/mol. The summed E-state index contributed by atoms with van der Waals surface area (Å²) in [6.07, 6.45) is 4.06. The Morgan fingerprint density at radius 1 is 1.20 bits per heavy atom. The van der Waals surface area contributed by atoms with E-state index in [1.807, 2.05) is 4.90 Å². The third kappa shape index (κ3) is 4.99. The third-order valence-electron chi connectivity index (χ3n) is 6.48. The predicted octanol–water partition coefficient (Wildman–Crippen LogP) is 1.55. The first-order valence-electron chi connectivity index (χ1n) is 11.2. The first-order valence-corrected chi connectivity index (χ1v) is 11.2. The summed E-state index contributed by atoms with van der Waals surface area (Å²) in [6.45, 7) is 5.03. The quantitative estimate of drug-likeness (QED) is 0.421. The van der Waals surface area contributed by atoms with Gasteiger partial charge in [-0.15, -0.1) is 0 Å². The second-order valence-electron chi connectivity index (χ2n) is 8.84. The van der Waals surface area contributed by atoms with Gasteiger partial charge in [-0.05, 0) is 48.8 Å². The highest BCUT2D eigenvalue weighted by atomic mass is 16.5. The number of aromatic nitrogens is 2. The lowest BCUT2D eigenvalue weighted by molar-refractivity contribution is -0.125. The number of nitrogens with one attached hydrogen (secondary N) is 1. The summed E-state index contributed by atoms with van der Waals surface area (Å²) in [6, 6.07) is 5.32. The van der Waals surface area contributed by atoms with E-state index in [2.05, 4.69) is 33.7 Å². The van der Waals surface area contributed by atoms with Crippen molar-refractivity contribution in [1.82, 2.24) is 14.9 Å². The molecule has 1 aromatic carbocycles. The SMILES string of the molecule is C=CC(=O)N1CCC2(CC(Nc3nc(N)c(C(N)=O)c(C#Cc4cc(OC)cc(OC)c4)n3)C2)C1. The minimum atomic E-state index is -0.762. The number of nitrogen functional groups attached to an aromatic ring is 1. The second-order valence-corrected chi connectivity index (χ2v) is 8.84. The summed E-state index contributed by atoms with van der Waals surface area (Å²) in [7, 11) is 3.09. The van der Waals surface area contributed by atoms with Gasteiger partial charge in [0, 0.05) is 30.8 Å². The minimum absolute atomic E-state index is 0.0302. The molecular formula is C25H28N6O4. The second kappa shape index (κ2) is 9.54. The van der Waals surface area contributed by atoms with E-state index >= 15 is 0 Å². The summed E-state index contributed by atoms with van der Waals surface area (Å²) >= 11 is 0. The zero-order chi connectivity index (χ0) is 25.2. The van der Waals surface area contributed by atoms with Crippen molar-refractivity contribution >= 4 is 23.6 Å². The van der Waals surface area contributed by atoms with Crippen LogP contribution in [0.1, 0.15) is 40.9 Å². The van der Waals surface area contributed by atoms with Crippen LogP contribution in [0.5, 0.6) is 11.5 Å². The van der Waals surface area contributed by atoms with Gasteiger partial charge >= 0.3 is 0 Å². The molecule has 35 heavy (non-hydrogen) atoms. The monoisotopic (exact) mass is 476 g/mol. The van der Waals surface area contributed by atoms with Gasteiger partial charge in [0.15, 0.2) is 0 Å². The Kier molecular flexibility index (Phi) is 6.51. The Morgan fingerprint density at radius 2 is 1.89 bits per heavy atom. The number of rotatable bonds is 6. The van der Waals surface area contributed by atoms with Crippen LogP contribution in [-0.2, 0) is 4.79 Å². The van der Waals surface area contributed by atoms with Crippen molar-refractivity contribution in [3.05, 3.63) is 47.7 Å². The number of carbonyl (C=O) groups is 2. The van der Waals surface area contributed by atoms with Crippen LogP contribution in [0.2, 0.25) is 0 Å². The molecular weight excluding hydrogens is 448 g/mol. The van der Waals surface area contributed by atoms with E-state index < -0.39 is 5.91 Å². The average Bonchev–Trinajstić information content (AvgIpc) is 3.26. The van der Waals surface area contributed by atoms with Crippen LogP contribution in [0, 0.1) is 17.3 Å². The molecule has 2 fully saturated rings. The molecule has 2 aromatic rings. The number of primary amides is 1. The molecule has 1 aromatic heterocycles. The van der Waals surface area contributed by atoms with Crippen LogP contribution in [0.4, 0.5) is 11.8 Å². The Bertz CT molecular complexity index is 1220. The maximum Gasteiger partial charge on any atom is 0.255 e. The Hall–Kier alpha value is -4.26. The fraction of sp³-hybridized carbons (Fsp3) is 0.360. The highest BCUT2D eigenvalue weighted by molar-refractivity contribution is 5.99. The largest absolute Gasteiger partial charge is 0.497 e. The highest BCUT2D eigenvalue weighted by Gasteiger charge is 2.49. The van der Waals surface area contributed by atoms with Gasteiger partial charge in [0.2, 0.25) is 11.9 Å². The van der Waals surface area contributed by atoms with Gasteiger partial charge in [0.1, 0.15) is 28.6 Å². The molecule has 1 aliphatic carbocycles. The first kappa shape index (κ1) is 23.9. The number of likely N-dealkylation sites (tertiary alicyclic amines) is 1. The van der Waals surface area contributed by atoms with Crippen molar-refractivity contribution < 1.29 is 19.1 Å². The van der Waals surface area contributed by atoms with Crippen LogP contribution in [-0.4, -0.2) is 60.0 Å². The van der Waals surface area contributed by atoms with E-state index in [1.54, 1.807) is 32.4 Å². The molecule has 1 aliphatic heterocycles. The third-order valence-corrected chi connectivity index (χ3v) is 6.48. The van der Waals surface area contributed by atoms with Crippen molar-refractivity contribution in [3.63, 3.8) is 0 Å². The molecule has 2 heterocycles. The summed E-state index contributed by atoms with van der Waals surface area (Å²) in [4.78, 5) is 34.4. The number of amides is 2. The molecule has 2 aliphatic rings. The van der Waals surface area contributed by atoms with Gasteiger partial charge in [-0.2, -0.15) is 4.98 Å². The van der Waals surface area contributed by atoms with Gasteiger partial charge in [0.05, 0.1) is 14.2 Å². The number of carbonyl (C=O) groups excluding carboxylic acids is 2. The molecule has 1 saturated carbocycles. The van der Waals surface area contributed by atoms with E-state index in [1.165, 1.54) is 6.08 Å². The zero-order valence-electron chi connectivity index (χ0n) is 19.8. The van der Waals surface area contributed by atoms with Crippen LogP contribution in [0.25, 0.3) is 0 Å².